The van der Waals surface area contributed by atoms with Crippen LogP contribution in [-0.2, 0) is 0 Å². The zero-order valence-electron chi connectivity index (χ0n) is 12.9. The first-order chi connectivity index (χ1) is 10.6. The van der Waals surface area contributed by atoms with Crippen LogP contribution >= 0.6 is 27.7 Å². The van der Waals surface area contributed by atoms with Gasteiger partial charge in [0, 0.05) is 29.9 Å². The summed E-state index contributed by atoms with van der Waals surface area (Å²) in [6.07, 6.45) is 5.55. The molecule has 0 radical (unpaired) electrons. The zero-order valence-corrected chi connectivity index (χ0v) is 15.3. The summed E-state index contributed by atoms with van der Waals surface area (Å²) in [4.78, 5) is 7.40. The lowest BCUT2D eigenvalue weighted by atomic mass is 9.95. The number of thioether (sulfide) groups is 1. The summed E-state index contributed by atoms with van der Waals surface area (Å²) in [7, 11) is 4.08. The van der Waals surface area contributed by atoms with Gasteiger partial charge in [-0.2, -0.15) is 5.10 Å². The van der Waals surface area contributed by atoms with Crippen LogP contribution in [0.3, 0.4) is 0 Å². The molecular weight excluding hydrogens is 360 g/mol. The van der Waals surface area contributed by atoms with Gasteiger partial charge in [-0.05, 0) is 30.5 Å². The lowest BCUT2D eigenvalue weighted by Crippen LogP contribution is -2.31. The number of hydrazone groups is 1. The van der Waals surface area contributed by atoms with Gasteiger partial charge in [-0.3, -0.25) is 10.4 Å². The molecular formula is C16H21BrN4S. The van der Waals surface area contributed by atoms with Crippen molar-refractivity contribution in [3.05, 3.63) is 29.8 Å². The third-order valence-corrected chi connectivity index (χ3v) is 6.74. The number of alkyl halides is 1. The number of halogens is 1. The van der Waals surface area contributed by atoms with E-state index in [-0.39, 0.29) is 0 Å². The Morgan fingerprint density at radius 3 is 2.77 bits per heavy atom. The summed E-state index contributed by atoms with van der Waals surface area (Å²) in [6.45, 7) is 0. The molecule has 1 fully saturated rings. The second-order valence-corrected chi connectivity index (χ2v) is 8.23. The molecule has 1 aliphatic heterocycles. The highest BCUT2D eigenvalue weighted by molar-refractivity contribution is 9.09. The first-order valence-corrected chi connectivity index (χ1v) is 9.38. The van der Waals surface area contributed by atoms with Crippen LogP contribution in [0.1, 0.15) is 24.8 Å². The summed E-state index contributed by atoms with van der Waals surface area (Å²) in [5.41, 5.74) is 5.36. The first-order valence-electron chi connectivity index (χ1n) is 7.58. The molecule has 1 aromatic carbocycles. The van der Waals surface area contributed by atoms with E-state index in [1.54, 1.807) is 0 Å². The Bertz CT molecular complexity index is 570. The summed E-state index contributed by atoms with van der Waals surface area (Å²) in [5, 5.41) is 5.83. The smallest absolute Gasteiger partial charge is 0.177 e. The minimum Gasteiger partial charge on any atom is -0.378 e. The molecule has 1 aliphatic carbocycles. The molecule has 118 valence electrons. The lowest BCUT2D eigenvalue weighted by molar-refractivity contribution is 0.475. The van der Waals surface area contributed by atoms with Crippen LogP contribution in [-0.4, -0.2) is 41.6 Å². The van der Waals surface area contributed by atoms with Crippen LogP contribution in [0.2, 0.25) is 0 Å². The highest BCUT2D eigenvalue weighted by atomic mass is 79.9. The third kappa shape index (κ3) is 3.66. The maximum absolute atomic E-state index is 4.75. The van der Waals surface area contributed by atoms with E-state index >= 15 is 0 Å². The monoisotopic (exact) mass is 380 g/mol. The van der Waals surface area contributed by atoms with Gasteiger partial charge < -0.3 is 4.90 Å². The van der Waals surface area contributed by atoms with Gasteiger partial charge in [0.2, 0.25) is 0 Å². The maximum Gasteiger partial charge on any atom is 0.177 e. The van der Waals surface area contributed by atoms with Crippen LogP contribution in [0.4, 0.5) is 5.69 Å². The van der Waals surface area contributed by atoms with E-state index < -0.39 is 0 Å². The second-order valence-electron chi connectivity index (χ2n) is 5.89. The van der Waals surface area contributed by atoms with Crippen molar-refractivity contribution in [3.8, 4) is 0 Å². The number of aliphatic imine (C=N–C) groups is 1. The molecule has 0 aromatic heterocycles. The van der Waals surface area contributed by atoms with Gasteiger partial charge in [0.15, 0.2) is 5.17 Å². The fourth-order valence-electron chi connectivity index (χ4n) is 2.77. The van der Waals surface area contributed by atoms with Gasteiger partial charge in [0.25, 0.3) is 0 Å². The summed E-state index contributed by atoms with van der Waals surface area (Å²) < 4.78 is 0. The van der Waals surface area contributed by atoms with E-state index in [2.05, 4.69) is 55.6 Å². The van der Waals surface area contributed by atoms with Gasteiger partial charge in [-0.25, -0.2) is 0 Å². The van der Waals surface area contributed by atoms with Gasteiger partial charge in [-0.15, -0.1) is 0 Å². The predicted octanol–water partition coefficient (Wildman–Crippen LogP) is 3.46. The van der Waals surface area contributed by atoms with Crippen molar-refractivity contribution < 1.29 is 0 Å². The molecule has 1 aromatic rings. The molecule has 3 atom stereocenters. The highest BCUT2D eigenvalue weighted by Gasteiger charge is 2.37. The Morgan fingerprint density at radius 2 is 2.09 bits per heavy atom. The van der Waals surface area contributed by atoms with Crippen molar-refractivity contribution in [2.75, 3.05) is 19.0 Å². The Balaban J connectivity index is 1.56. The topological polar surface area (TPSA) is 40.0 Å². The quantitative estimate of drug-likeness (QED) is 0.495. The standard InChI is InChI=1S/C16H21BrN4S/c1-21(2)12-8-6-11(7-9-12)10-18-20-16-19-14-5-3-4-13(17)15(14)22-16/h6-10,13-15H,3-5H2,1-2H3,(H,19,20)/b18-10-/t13-,14+,15+/m1/s1. The predicted molar refractivity (Wildman–Crippen MR) is 101 cm³/mol. The van der Waals surface area contributed by atoms with Crippen molar-refractivity contribution in [1.29, 1.82) is 0 Å². The molecule has 0 spiro atoms. The molecule has 0 amide bonds. The molecule has 3 rings (SSSR count). The second kappa shape index (κ2) is 7.04. The first kappa shape index (κ1) is 15.9. The Labute approximate surface area is 144 Å². The number of anilines is 1. The molecule has 4 nitrogen and oxygen atoms in total. The molecule has 2 aliphatic rings. The summed E-state index contributed by atoms with van der Waals surface area (Å²) in [6, 6.07) is 8.76. The third-order valence-electron chi connectivity index (χ3n) is 4.03. The van der Waals surface area contributed by atoms with Crippen molar-refractivity contribution in [1.82, 2.24) is 5.43 Å². The fourth-order valence-corrected chi connectivity index (χ4v) is 4.96. The lowest BCUT2D eigenvalue weighted by Gasteiger charge is -2.27. The van der Waals surface area contributed by atoms with E-state index in [1.165, 1.54) is 24.9 Å². The highest BCUT2D eigenvalue weighted by Crippen LogP contribution is 2.39. The van der Waals surface area contributed by atoms with Crippen LogP contribution in [0, 0.1) is 0 Å². The summed E-state index contributed by atoms with van der Waals surface area (Å²) >= 11 is 5.60. The van der Waals surface area contributed by atoms with Crippen molar-refractivity contribution in [2.24, 2.45) is 10.1 Å². The molecule has 1 heterocycles. The van der Waals surface area contributed by atoms with Crippen molar-refractivity contribution >= 4 is 44.8 Å². The number of nitrogens with zero attached hydrogens (tertiary/aromatic N) is 3. The molecule has 0 bridgehead atoms. The average molecular weight is 381 g/mol. The minimum atomic E-state index is 0.445. The maximum atomic E-state index is 4.75. The average Bonchev–Trinajstić information content (AvgIpc) is 2.92. The van der Waals surface area contributed by atoms with Gasteiger partial charge >= 0.3 is 0 Å². The number of fused-ring (bicyclic) bond motifs is 1. The number of amidine groups is 1. The Hall–Kier alpha value is -1.01. The normalized spacial score (nSPS) is 27.6. The molecule has 6 heteroatoms. The SMILES string of the molecule is CN(C)c1ccc(/C=N\NC2=N[C@H]3CCC[C@@H](Br)[C@@H]3S2)cc1. The van der Waals surface area contributed by atoms with E-state index in [0.717, 1.165) is 10.7 Å². The molecule has 0 saturated heterocycles. The number of benzene rings is 1. The number of hydrogen-bond acceptors (Lipinski definition) is 5. The van der Waals surface area contributed by atoms with Crippen LogP contribution < -0.4 is 10.3 Å². The number of hydrogen-bond donors (Lipinski definition) is 1. The minimum absolute atomic E-state index is 0.445. The number of nitrogens with one attached hydrogen (secondary N) is 1. The van der Waals surface area contributed by atoms with Crippen LogP contribution in [0.25, 0.3) is 0 Å². The zero-order chi connectivity index (χ0) is 15.5. The van der Waals surface area contributed by atoms with Gasteiger partial charge in [0.1, 0.15) is 0 Å². The molecule has 1 N–H and O–H groups in total. The fraction of sp³-hybridized carbons (Fsp3) is 0.500. The van der Waals surface area contributed by atoms with E-state index in [0.29, 0.717) is 16.1 Å². The number of rotatable bonds is 3. The van der Waals surface area contributed by atoms with E-state index in [1.807, 2.05) is 32.1 Å². The van der Waals surface area contributed by atoms with E-state index in [9.17, 15) is 0 Å². The molecule has 1 saturated carbocycles. The van der Waals surface area contributed by atoms with Crippen LogP contribution in [0.5, 0.6) is 0 Å². The Kier molecular flexibility index (Phi) is 5.08. The Morgan fingerprint density at radius 1 is 1.32 bits per heavy atom. The largest absolute Gasteiger partial charge is 0.378 e. The van der Waals surface area contributed by atoms with Crippen molar-refractivity contribution in [3.63, 3.8) is 0 Å². The van der Waals surface area contributed by atoms with Crippen molar-refractivity contribution in [2.45, 2.75) is 35.4 Å². The van der Waals surface area contributed by atoms with Gasteiger partial charge in [-0.1, -0.05) is 46.2 Å². The molecule has 0 unspecified atom stereocenters. The van der Waals surface area contributed by atoms with E-state index in [4.69, 9.17) is 4.99 Å². The summed E-state index contributed by atoms with van der Waals surface area (Å²) in [5.74, 6) is 0. The molecule has 22 heavy (non-hydrogen) atoms. The van der Waals surface area contributed by atoms with Crippen LogP contribution in [0.15, 0.2) is 34.4 Å². The van der Waals surface area contributed by atoms with Gasteiger partial charge in [0.05, 0.1) is 12.3 Å².